The molecule has 2 heterocycles. The van der Waals surface area contributed by atoms with Gasteiger partial charge in [-0.15, -0.1) is 11.3 Å². The minimum Gasteiger partial charge on any atom is -0.478 e. The van der Waals surface area contributed by atoms with Crippen LogP contribution in [0.1, 0.15) is 28.1 Å². The molecule has 17 heavy (non-hydrogen) atoms. The molecule has 2 amide bonds. The molecule has 1 saturated heterocycles. The lowest BCUT2D eigenvalue weighted by Crippen LogP contribution is -2.32. The topological polar surface area (TPSA) is 69.6 Å². The number of hydrogen-bond acceptors (Lipinski definition) is 3. The van der Waals surface area contributed by atoms with Crippen LogP contribution in [0.15, 0.2) is 6.07 Å². The van der Waals surface area contributed by atoms with Crippen LogP contribution in [0, 0.1) is 6.92 Å². The highest BCUT2D eigenvalue weighted by Gasteiger charge is 2.21. The number of carboxylic acids is 1. The minimum atomic E-state index is -1.01. The zero-order chi connectivity index (χ0) is 12.4. The van der Waals surface area contributed by atoms with Gasteiger partial charge in [-0.05, 0) is 25.8 Å². The molecule has 2 rings (SSSR count). The van der Waals surface area contributed by atoms with E-state index in [0.29, 0.717) is 5.00 Å². The summed E-state index contributed by atoms with van der Waals surface area (Å²) in [4.78, 5) is 25.4. The van der Waals surface area contributed by atoms with E-state index in [9.17, 15) is 9.59 Å². The van der Waals surface area contributed by atoms with Crippen LogP contribution < -0.4 is 5.32 Å². The fourth-order valence-electron chi connectivity index (χ4n) is 1.86. The van der Waals surface area contributed by atoms with Crippen molar-refractivity contribution < 1.29 is 14.7 Å². The van der Waals surface area contributed by atoms with Gasteiger partial charge in [0.2, 0.25) is 0 Å². The first-order valence-electron chi connectivity index (χ1n) is 5.47. The van der Waals surface area contributed by atoms with Crippen LogP contribution in [0.3, 0.4) is 0 Å². The van der Waals surface area contributed by atoms with Gasteiger partial charge < -0.3 is 10.0 Å². The van der Waals surface area contributed by atoms with Gasteiger partial charge in [0.25, 0.3) is 0 Å². The van der Waals surface area contributed by atoms with Crippen molar-refractivity contribution in [1.82, 2.24) is 4.90 Å². The van der Waals surface area contributed by atoms with Crippen molar-refractivity contribution in [3.05, 3.63) is 16.5 Å². The molecule has 1 aromatic heterocycles. The fraction of sp³-hybridized carbons (Fsp3) is 0.455. The molecule has 0 bridgehead atoms. The van der Waals surface area contributed by atoms with Crippen LogP contribution in [-0.2, 0) is 0 Å². The van der Waals surface area contributed by atoms with E-state index in [1.165, 1.54) is 11.3 Å². The normalized spacial score (nSPS) is 15.0. The summed E-state index contributed by atoms with van der Waals surface area (Å²) < 4.78 is 0. The number of aryl methyl sites for hydroxylation is 1. The Bertz CT molecular complexity index is 450. The van der Waals surface area contributed by atoms with Crippen molar-refractivity contribution in [2.24, 2.45) is 0 Å². The smallest absolute Gasteiger partial charge is 0.338 e. The quantitative estimate of drug-likeness (QED) is 0.851. The van der Waals surface area contributed by atoms with Crippen LogP contribution in [0.4, 0.5) is 9.80 Å². The molecule has 1 fully saturated rings. The number of carbonyl (C=O) groups is 2. The van der Waals surface area contributed by atoms with E-state index in [0.717, 1.165) is 30.8 Å². The van der Waals surface area contributed by atoms with Gasteiger partial charge in [-0.3, -0.25) is 5.32 Å². The van der Waals surface area contributed by atoms with Crippen molar-refractivity contribution in [3.63, 3.8) is 0 Å². The fourth-order valence-corrected chi connectivity index (χ4v) is 2.76. The zero-order valence-corrected chi connectivity index (χ0v) is 10.3. The van der Waals surface area contributed by atoms with E-state index in [1.807, 2.05) is 6.92 Å². The largest absolute Gasteiger partial charge is 0.478 e. The Balaban J connectivity index is 2.12. The first-order valence-corrected chi connectivity index (χ1v) is 6.29. The molecule has 0 atom stereocenters. The maximum atomic E-state index is 11.8. The Morgan fingerprint density at radius 3 is 2.65 bits per heavy atom. The third-order valence-corrected chi connectivity index (χ3v) is 3.67. The molecular weight excluding hydrogens is 240 g/mol. The Labute approximate surface area is 103 Å². The predicted molar refractivity (Wildman–Crippen MR) is 65.8 cm³/mol. The molecule has 1 aliphatic rings. The molecular formula is C11H14N2O3S. The van der Waals surface area contributed by atoms with Crippen molar-refractivity contribution >= 4 is 28.3 Å². The minimum absolute atomic E-state index is 0.167. The Morgan fingerprint density at radius 1 is 1.41 bits per heavy atom. The number of rotatable bonds is 2. The summed E-state index contributed by atoms with van der Waals surface area (Å²) in [6.45, 7) is 3.32. The highest BCUT2D eigenvalue weighted by atomic mass is 32.1. The molecule has 0 spiro atoms. The first kappa shape index (κ1) is 11.9. The van der Waals surface area contributed by atoms with Gasteiger partial charge >= 0.3 is 12.0 Å². The van der Waals surface area contributed by atoms with Gasteiger partial charge in [0.1, 0.15) is 5.00 Å². The molecule has 92 valence electrons. The summed E-state index contributed by atoms with van der Waals surface area (Å²) in [5, 5.41) is 12.1. The van der Waals surface area contributed by atoms with Crippen molar-refractivity contribution in [2.75, 3.05) is 18.4 Å². The Kier molecular flexibility index (Phi) is 3.33. The number of nitrogens with zero attached hydrogens (tertiary/aromatic N) is 1. The summed E-state index contributed by atoms with van der Waals surface area (Å²) in [6, 6.07) is 1.37. The van der Waals surface area contributed by atoms with Crippen LogP contribution >= 0.6 is 11.3 Å². The molecule has 0 aliphatic carbocycles. The van der Waals surface area contributed by atoms with Gasteiger partial charge in [0.05, 0.1) is 5.56 Å². The second-order valence-corrected chi connectivity index (χ2v) is 5.29. The number of carboxylic acid groups (broad SMARTS) is 1. The molecule has 0 saturated carbocycles. The number of likely N-dealkylation sites (tertiary alicyclic amines) is 1. The molecule has 1 aromatic rings. The highest BCUT2D eigenvalue weighted by molar-refractivity contribution is 7.16. The van der Waals surface area contributed by atoms with Gasteiger partial charge in [-0.1, -0.05) is 0 Å². The summed E-state index contributed by atoms with van der Waals surface area (Å²) in [5.74, 6) is -1.01. The van der Waals surface area contributed by atoms with Gasteiger partial charge in [0, 0.05) is 18.0 Å². The molecule has 0 unspecified atom stereocenters. The number of anilines is 1. The SMILES string of the molecule is Cc1cc(C(=O)O)c(NC(=O)N2CCCC2)s1. The number of carbonyl (C=O) groups excluding carboxylic acids is 1. The lowest BCUT2D eigenvalue weighted by atomic mass is 10.3. The average Bonchev–Trinajstić information content (AvgIpc) is 2.86. The average molecular weight is 254 g/mol. The van der Waals surface area contributed by atoms with Gasteiger partial charge in [-0.25, -0.2) is 9.59 Å². The predicted octanol–water partition coefficient (Wildman–Crippen LogP) is 2.38. The maximum absolute atomic E-state index is 11.8. The highest BCUT2D eigenvalue weighted by Crippen LogP contribution is 2.28. The third-order valence-electron chi connectivity index (χ3n) is 2.70. The Morgan fingerprint density at radius 2 is 2.06 bits per heavy atom. The zero-order valence-electron chi connectivity index (χ0n) is 9.52. The lowest BCUT2D eigenvalue weighted by Gasteiger charge is -2.15. The second kappa shape index (κ2) is 4.75. The molecule has 0 aromatic carbocycles. The van der Waals surface area contributed by atoms with Crippen LogP contribution in [0.5, 0.6) is 0 Å². The van der Waals surface area contributed by atoms with E-state index in [2.05, 4.69) is 5.32 Å². The standard InChI is InChI=1S/C11H14N2O3S/c1-7-6-8(10(14)15)9(17-7)12-11(16)13-4-2-3-5-13/h6H,2-5H2,1H3,(H,12,16)(H,14,15). The molecule has 6 heteroatoms. The van der Waals surface area contributed by atoms with E-state index >= 15 is 0 Å². The van der Waals surface area contributed by atoms with Gasteiger partial charge in [-0.2, -0.15) is 0 Å². The number of hydrogen-bond donors (Lipinski definition) is 2. The summed E-state index contributed by atoms with van der Waals surface area (Å²) in [5.41, 5.74) is 0.167. The lowest BCUT2D eigenvalue weighted by molar-refractivity contribution is 0.0698. The maximum Gasteiger partial charge on any atom is 0.338 e. The molecule has 2 N–H and O–H groups in total. The summed E-state index contributed by atoms with van der Waals surface area (Å²) in [6.07, 6.45) is 2.03. The van der Waals surface area contributed by atoms with Crippen LogP contribution in [-0.4, -0.2) is 35.1 Å². The number of urea groups is 1. The molecule has 1 aliphatic heterocycles. The van der Waals surface area contributed by atoms with E-state index < -0.39 is 5.97 Å². The van der Waals surface area contributed by atoms with Crippen molar-refractivity contribution in [2.45, 2.75) is 19.8 Å². The summed E-state index contributed by atoms with van der Waals surface area (Å²) >= 11 is 1.29. The molecule has 0 radical (unpaired) electrons. The second-order valence-electron chi connectivity index (χ2n) is 4.03. The van der Waals surface area contributed by atoms with Gasteiger partial charge in [0.15, 0.2) is 0 Å². The van der Waals surface area contributed by atoms with Crippen molar-refractivity contribution in [1.29, 1.82) is 0 Å². The molecule has 5 nitrogen and oxygen atoms in total. The monoisotopic (exact) mass is 254 g/mol. The van der Waals surface area contributed by atoms with Crippen LogP contribution in [0.2, 0.25) is 0 Å². The van der Waals surface area contributed by atoms with E-state index in [4.69, 9.17) is 5.11 Å². The first-order chi connectivity index (χ1) is 8.08. The third kappa shape index (κ3) is 2.58. The number of nitrogens with one attached hydrogen (secondary N) is 1. The number of thiophene rings is 1. The van der Waals surface area contributed by atoms with E-state index in [1.54, 1.807) is 11.0 Å². The number of amides is 2. The summed E-state index contributed by atoms with van der Waals surface area (Å²) in [7, 11) is 0. The number of aromatic carboxylic acids is 1. The van der Waals surface area contributed by atoms with Crippen LogP contribution in [0.25, 0.3) is 0 Å². The Hall–Kier alpha value is -1.56. The van der Waals surface area contributed by atoms with Crippen molar-refractivity contribution in [3.8, 4) is 0 Å². The van der Waals surface area contributed by atoms with E-state index in [-0.39, 0.29) is 11.6 Å².